The van der Waals surface area contributed by atoms with Crippen molar-refractivity contribution in [3.05, 3.63) is 29.8 Å². The van der Waals surface area contributed by atoms with E-state index in [0.717, 1.165) is 6.26 Å². The highest BCUT2D eigenvalue weighted by molar-refractivity contribution is 7.88. The molecule has 2 aromatic rings. The molecule has 0 aliphatic heterocycles. The summed E-state index contributed by atoms with van der Waals surface area (Å²) in [4.78, 5) is 4.19. The molecule has 0 spiro atoms. The molecule has 1 aromatic heterocycles. The fourth-order valence-corrected chi connectivity index (χ4v) is 3.64. The lowest BCUT2D eigenvalue weighted by molar-refractivity contribution is 0.392. The Bertz CT molecular complexity index is 771. The van der Waals surface area contributed by atoms with Gasteiger partial charge in [0.1, 0.15) is 11.3 Å². The van der Waals surface area contributed by atoms with Gasteiger partial charge in [-0.15, -0.1) is 11.6 Å². The number of alkyl halides is 1. The van der Waals surface area contributed by atoms with Crippen LogP contribution < -0.4 is 4.72 Å². The van der Waals surface area contributed by atoms with Gasteiger partial charge in [-0.1, -0.05) is 6.07 Å². The standard InChI is InChI=1S/C13H17ClFN3O2S/c1-13(2,17-21(3,19)20)8-18-10-6-4-5-9(15)12(10)16-11(18)7-14/h4-6,17H,7-8H2,1-3H3. The SMILES string of the molecule is CC(C)(Cn1c(CCl)nc2c(F)cccc21)NS(C)(=O)=O. The maximum Gasteiger partial charge on any atom is 0.209 e. The van der Waals surface area contributed by atoms with E-state index in [0.29, 0.717) is 17.9 Å². The van der Waals surface area contributed by atoms with Gasteiger partial charge in [-0.3, -0.25) is 0 Å². The van der Waals surface area contributed by atoms with E-state index in [-0.39, 0.29) is 11.4 Å². The molecular weight excluding hydrogens is 317 g/mol. The molecule has 0 amide bonds. The smallest absolute Gasteiger partial charge is 0.209 e. The van der Waals surface area contributed by atoms with Crippen LogP contribution in [0.15, 0.2) is 18.2 Å². The van der Waals surface area contributed by atoms with Crippen molar-refractivity contribution in [1.29, 1.82) is 0 Å². The van der Waals surface area contributed by atoms with Crippen LogP contribution in [0.3, 0.4) is 0 Å². The average molecular weight is 334 g/mol. The summed E-state index contributed by atoms with van der Waals surface area (Å²) in [6.07, 6.45) is 1.10. The van der Waals surface area contributed by atoms with E-state index in [1.807, 2.05) is 0 Å². The average Bonchev–Trinajstić information content (AvgIpc) is 2.65. The van der Waals surface area contributed by atoms with Gasteiger partial charge in [0.25, 0.3) is 0 Å². The second-order valence-electron chi connectivity index (χ2n) is 5.61. The molecule has 5 nitrogen and oxygen atoms in total. The zero-order chi connectivity index (χ0) is 15.8. The number of fused-ring (bicyclic) bond motifs is 1. The first-order chi connectivity index (χ1) is 9.63. The molecule has 0 aliphatic rings. The predicted octanol–water partition coefficient (Wildman–Crippen LogP) is 2.24. The van der Waals surface area contributed by atoms with Crippen molar-refractivity contribution < 1.29 is 12.8 Å². The zero-order valence-corrected chi connectivity index (χ0v) is 13.6. The van der Waals surface area contributed by atoms with Gasteiger partial charge in [-0.05, 0) is 26.0 Å². The van der Waals surface area contributed by atoms with E-state index in [1.165, 1.54) is 6.07 Å². The number of hydrogen-bond acceptors (Lipinski definition) is 3. The van der Waals surface area contributed by atoms with Crippen LogP contribution in [0.1, 0.15) is 19.7 Å². The van der Waals surface area contributed by atoms with Gasteiger partial charge in [0.05, 0.1) is 17.7 Å². The summed E-state index contributed by atoms with van der Waals surface area (Å²) in [5, 5.41) is 0. The molecule has 1 N–H and O–H groups in total. The Balaban J connectivity index is 2.48. The second-order valence-corrected chi connectivity index (χ2v) is 7.63. The van der Waals surface area contributed by atoms with E-state index in [2.05, 4.69) is 9.71 Å². The third-order valence-corrected chi connectivity index (χ3v) is 4.11. The summed E-state index contributed by atoms with van der Waals surface area (Å²) in [6, 6.07) is 4.65. The Hall–Kier alpha value is -1.18. The number of halogens is 2. The van der Waals surface area contributed by atoms with Crippen molar-refractivity contribution in [3.63, 3.8) is 0 Å². The molecule has 21 heavy (non-hydrogen) atoms. The number of aromatic nitrogens is 2. The molecule has 0 aliphatic carbocycles. The number of sulfonamides is 1. The number of hydrogen-bond donors (Lipinski definition) is 1. The minimum absolute atomic E-state index is 0.114. The molecule has 2 rings (SSSR count). The molecule has 116 valence electrons. The molecule has 0 atom stereocenters. The molecule has 1 heterocycles. The van der Waals surface area contributed by atoms with Gasteiger partial charge >= 0.3 is 0 Å². The van der Waals surface area contributed by atoms with Crippen molar-refractivity contribution in [2.24, 2.45) is 0 Å². The van der Waals surface area contributed by atoms with Gasteiger partial charge in [-0.2, -0.15) is 0 Å². The number of nitrogens with one attached hydrogen (secondary N) is 1. The first-order valence-electron chi connectivity index (χ1n) is 6.31. The zero-order valence-electron chi connectivity index (χ0n) is 12.0. The number of imidazole rings is 1. The van der Waals surface area contributed by atoms with E-state index in [9.17, 15) is 12.8 Å². The lowest BCUT2D eigenvalue weighted by Gasteiger charge is -2.26. The first kappa shape index (κ1) is 16.2. The van der Waals surface area contributed by atoms with E-state index >= 15 is 0 Å². The summed E-state index contributed by atoms with van der Waals surface area (Å²) in [5.74, 6) is 0.190. The number of rotatable bonds is 5. The molecule has 0 unspecified atom stereocenters. The fourth-order valence-electron chi connectivity index (χ4n) is 2.37. The lowest BCUT2D eigenvalue weighted by atomic mass is 10.1. The van der Waals surface area contributed by atoms with Gasteiger partial charge in [-0.25, -0.2) is 22.5 Å². The monoisotopic (exact) mass is 333 g/mol. The van der Waals surface area contributed by atoms with Gasteiger partial charge in [0.15, 0.2) is 5.82 Å². The van der Waals surface area contributed by atoms with Crippen LogP contribution in [-0.4, -0.2) is 29.8 Å². The van der Waals surface area contributed by atoms with Gasteiger partial charge in [0.2, 0.25) is 10.0 Å². The maximum atomic E-state index is 13.8. The number of benzene rings is 1. The van der Waals surface area contributed by atoms with Crippen LogP contribution >= 0.6 is 11.6 Å². The van der Waals surface area contributed by atoms with E-state index in [4.69, 9.17) is 11.6 Å². The van der Waals surface area contributed by atoms with Crippen LogP contribution in [0.2, 0.25) is 0 Å². The van der Waals surface area contributed by atoms with E-state index < -0.39 is 21.4 Å². The maximum absolute atomic E-state index is 13.8. The highest BCUT2D eigenvalue weighted by atomic mass is 35.5. The summed E-state index contributed by atoms with van der Waals surface area (Å²) in [7, 11) is -3.36. The highest BCUT2D eigenvalue weighted by Crippen LogP contribution is 2.22. The molecule has 0 fully saturated rings. The summed E-state index contributed by atoms with van der Waals surface area (Å²) in [5.41, 5.74) is 0.0752. The Morgan fingerprint density at radius 3 is 2.67 bits per heavy atom. The molecule has 1 aromatic carbocycles. The summed E-state index contributed by atoms with van der Waals surface area (Å²) in [6.45, 7) is 3.79. The largest absolute Gasteiger partial charge is 0.325 e. The normalized spacial score (nSPS) is 13.0. The van der Waals surface area contributed by atoms with Crippen LogP contribution in [0.25, 0.3) is 11.0 Å². The van der Waals surface area contributed by atoms with Crippen molar-refractivity contribution in [1.82, 2.24) is 14.3 Å². The minimum Gasteiger partial charge on any atom is -0.325 e. The van der Waals surface area contributed by atoms with E-state index in [1.54, 1.807) is 30.5 Å². The Kier molecular flexibility index (Phi) is 4.28. The molecule has 0 radical (unpaired) electrons. The summed E-state index contributed by atoms with van der Waals surface area (Å²) >= 11 is 5.87. The van der Waals surface area contributed by atoms with Crippen molar-refractivity contribution >= 4 is 32.7 Å². The van der Waals surface area contributed by atoms with Crippen LogP contribution in [0.5, 0.6) is 0 Å². The lowest BCUT2D eigenvalue weighted by Crippen LogP contribution is -2.46. The Morgan fingerprint density at radius 2 is 2.10 bits per heavy atom. The molecule has 0 bridgehead atoms. The third-order valence-electron chi connectivity index (χ3n) is 2.94. The molecule has 0 saturated carbocycles. The predicted molar refractivity (Wildman–Crippen MR) is 81.3 cm³/mol. The van der Waals surface area contributed by atoms with Crippen molar-refractivity contribution in [2.75, 3.05) is 6.26 Å². The second kappa shape index (κ2) is 5.55. The van der Waals surface area contributed by atoms with Crippen molar-refractivity contribution in [3.8, 4) is 0 Å². The van der Waals surface area contributed by atoms with Gasteiger partial charge in [0, 0.05) is 12.1 Å². The number of para-hydroxylation sites is 1. The molecule has 0 saturated heterocycles. The fraction of sp³-hybridized carbons (Fsp3) is 0.462. The summed E-state index contributed by atoms with van der Waals surface area (Å²) < 4.78 is 40.9. The number of nitrogens with zero attached hydrogens (tertiary/aromatic N) is 2. The Labute approximate surface area is 128 Å². The minimum atomic E-state index is -3.36. The quantitative estimate of drug-likeness (QED) is 0.853. The Morgan fingerprint density at radius 1 is 1.43 bits per heavy atom. The van der Waals surface area contributed by atoms with Gasteiger partial charge < -0.3 is 4.57 Å². The third kappa shape index (κ3) is 3.72. The van der Waals surface area contributed by atoms with Crippen LogP contribution in [0, 0.1) is 5.82 Å². The highest BCUT2D eigenvalue weighted by Gasteiger charge is 2.25. The van der Waals surface area contributed by atoms with Crippen LogP contribution in [-0.2, 0) is 22.4 Å². The topological polar surface area (TPSA) is 64.0 Å². The molecular formula is C13H17ClFN3O2S. The van der Waals surface area contributed by atoms with Crippen molar-refractivity contribution in [2.45, 2.75) is 31.8 Å². The van der Waals surface area contributed by atoms with Crippen LogP contribution in [0.4, 0.5) is 4.39 Å². The first-order valence-corrected chi connectivity index (χ1v) is 8.74. The molecule has 8 heteroatoms.